The number of hydrogen-bond acceptors (Lipinski definition) is 4. The van der Waals surface area contributed by atoms with Crippen LogP contribution >= 0.6 is 0 Å². The van der Waals surface area contributed by atoms with Crippen molar-refractivity contribution < 1.29 is 14.3 Å². The molecule has 0 aliphatic carbocycles. The molecule has 1 rings (SSSR count). The Balaban J connectivity index is 2.38. The lowest BCUT2D eigenvalue weighted by molar-refractivity contribution is -0.150. The van der Waals surface area contributed by atoms with Gasteiger partial charge in [-0.2, -0.15) is 0 Å². The maximum Gasteiger partial charge on any atom is 0.310 e. The van der Waals surface area contributed by atoms with Gasteiger partial charge in [0.2, 0.25) is 0 Å². The molecule has 2 N–H and O–H groups in total. The fourth-order valence-corrected chi connectivity index (χ4v) is 1.28. The average Bonchev–Trinajstić information content (AvgIpc) is 2.37. The molecular formula is C13H18N2O3. The molecule has 0 unspecified atom stereocenters. The number of amides is 1. The van der Waals surface area contributed by atoms with E-state index in [1.807, 2.05) is 6.92 Å². The van der Waals surface area contributed by atoms with Gasteiger partial charge in [-0.15, -0.1) is 0 Å². The van der Waals surface area contributed by atoms with Crippen molar-refractivity contribution in [3.05, 3.63) is 29.8 Å². The average molecular weight is 250 g/mol. The zero-order valence-electron chi connectivity index (χ0n) is 10.7. The highest BCUT2D eigenvalue weighted by Crippen LogP contribution is 2.06. The Morgan fingerprint density at radius 3 is 2.44 bits per heavy atom. The Labute approximate surface area is 107 Å². The fraction of sp³-hybridized carbons (Fsp3) is 0.385. The first-order valence-corrected chi connectivity index (χ1v) is 5.77. The molecular weight excluding hydrogens is 232 g/mol. The van der Waals surface area contributed by atoms with Crippen molar-refractivity contribution >= 4 is 17.6 Å². The maximum atomic E-state index is 11.5. The van der Waals surface area contributed by atoms with Crippen molar-refractivity contribution in [2.24, 2.45) is 0 Å². The molecule has 0 bridgehead atoms. The minimum atomic E-state index is -0.419. The van der Waals surface area contributed by atoms with Crippen LogP contribution in [0, 0.1) is 0 Å². The molecule has 0 spiro atoms. The van der Waals surface area contributed by atoms with Crippen LogP contribution in [-0.4, -0.2) is 37.0 Å². The largest absolute Gasteiger partial charge is 0.455 e. The molecule has 5 heteroatoms. The van der Waals surface area contributed by atoms with Crippen LogP contribution in [0.2, 0.25) is 0 Å². The smallest absolute Gasteiger partial charge is 0.310 e. The molecule has 0 heterocycles. The first-order valence-electron chi connectivity index (χ1n) is 5.77. The molecule has 0 saturated carbocycles. The molecule has 0 aliphatic heterocycles. The highest BCUT2D eigenvalue weighted by Gasteiger charge is 2.10. The number of likely N-dealkylation sites (N-methyl/N-ethyl adjacent to an activating group) is 1. The van der Waals surface area contributed by atoms with Crippen molar-refractivity contribution in [2.45, 2.75) is 13.3 Å². The molecule has 98 valence electrons. The van der Waals surface area contributed by atoms with Crippen LogP contribution in [0.4, 0.5) is 5.69 Å². The summed E-state index contributed by atoms with van der Waals surface area (Å²) >= 11 is 0. The Hall–Kier alpha value is -2.04. The number of carbonyl (C=O) groups is 2. The third-order valence-corrected chi connectivity index (χ3v) is 2.58. The lowest BCUT2D eigenvalue weighted by atomic mass is 10.1. The Kier molecular flexibility index (Phi) is 5.17. The van der Waals surface area contributed by atoms with Gasteiger partial charge in [-0.1, -0.05) is 12.1 Å². The molecule has 1 aromatic rings. The van der Waals surface area contributed by atoms with Crippen LogP contribution in [0.25, 0.3) is 0 Å². The van der Waals surface area contributed by atoms with E-state index in [4.69, 9.17) is 10.5 Å². The van der Waals surface area contributed by atoms with Gasteiger partial charge >= 0.3 is 5.97 Å². The van der Waals surface area contributed by atoms with Gasteiger partial charge < -0.3 is 15.4 Å². The first kappa shape index (κ1) is 14.0. The van der Waals surface area contributed by atoms with Crippen LogP contribution in [-0.2, 0) is 20.7 Å². The van der Waals surface area contributed by atoms with Gasteiger partial charge in [0.15, 0.2) is 6.61 Å². The molecule has 0 saturated heterocycles. The van der Waals surface area contributed by atoms with Crippen LogP contribution < -0.4 is 5.73 Å². The molecule has 0 aromatic heterocycles. The summed E-state index contributed by atoms with van der Waals surface area (Å²) in [7, 11) is 1.66. The van der Waals surface area contributed by atoms with Crippen LogP contribution in [0.15, 0.2) is 24.3 Å². The summed E-state index contributed by atoms with van der Waals surface area (Å²) in [5.41, 5.74) is 6.99. The summed E-state index contributed by atoms with van der Waals surface area (Å²) < 4.78 is 4.90. The quantitative estimate of drug-likeness (QED) is 0.620. The van der Waals surface area contributed by atoms with E-state index in [9.17, 15) is 9.59 Å². The normalized spacial score (nSPS) is 9.89. The van der Waals surface area contributed by atoms with Crippen molar-refractivity contribution in [3.63, 3.8) is 0 Å². The summed E-state index contributed by atoms with van der Waals surface area (Å²) in [6.45, 7) is 2.24. The highest BCUT2D eigenvalue weighted by atomic mass is 16.5. The van der Waals surface area contributed by atoms with Crippen LogP contribution in [0.1, 0.15) is 12.5 Å². The fourth-order valence-electron chi connectivity index (χ4n) is 1.28. The van der Waals surface area contributed by atoms with Crippen LogP contribution in [0.3, 0.4) is 0 Å². The number of anilines is 1. The first-order chi connectivity index (χ1) is 8.52. The molecule has 5 nitrogen and oxygen atoms in total. The van der Waals surface area contributed by atoms with Crippen molar-refractivity contribution in [2.75, 3.05) is 25.9 Å². The summed E-state index contributed by atoms with van der Waals surface area (Å²) in [6.07, 6.45) is 0.142. The highest BCUT2D eigenvalue weighted by molar-refractivity contribution is 5.81. The molecule has 0 aliphatic rings. The van der Waals surface area contributed by atoms with E-state index in [0.29, 0.717) is 12.2 Å². The van der Waals surface area contributed by atoms with Gasteiger partial charge in [-0.3, -0.25) is 9.59 Å². The summed E-state index contributed by atoms with van der Waals surface area (Å²) in [5, 5.41) is 0. The second kappa shape index (κ2) is 6.64. The van der Waals surface area contributed by atoms with Gasteiger partial charge in [0, 0.05) is 19.3 Å². The number of nitrogen functional groups attached to an aromatic ring is 1. The number of esters is 1. The van der Waals surface area contributed by atoms with E-state index in [0.717, 1.165) is 5.56 Å². The third kappa shape index (κ3) is 4.45. The van der Waals surface area contributed by atoms with Gasteiger partial charge in [0.1, 0.15) is 0 Å². The minimum Gasteiger partial charge on any atom is -0.455 e. The summed E-state index contributed by atoms with van der Waals surface area (Å²) in [6, 6.07) is 6.96. The number of rotatable bonds is 5. The van der Waals surface area contributed by atoms with Gasteiger partial charge in [-0.05, 0) is 24.6 Å². The molecule has 1 aromatic carbocycles. The number of ether oxygens (including phenoxy) is 1. The van der Waals surface area contributed by atoms with Crippen molar-refractivity contribution in [1.29, 1.82) is 0 Å². The van der Waals surface area contributed by atoms with E-state index < -0.39 is 5.97 Å². The van der Waals surface area contributed by atoms with E-state index in [1.165, 1.54) is 4.90 Å². The summed E-state index contributed by atoms with van der Waals surface area (Å²) in [4.78, 5) is 24.4. The standard InChI is InChI=1S/C13H18N2O3/c1-3-15(2)12(16)9-18-13(17)8-10-4-6-11(14)7-5-10/h4-7H,3,8-9,14H2,1-2H3. The predicted molar refractivity (Wildman–Crippen MR) is 68.8 cm³/mol. The number of carbonyl (C=O) groups excluding carboxylic acids is 2. The van der Waals surface area contributed by atoms with Gasteiger partial charge in [-0.25, -0.2) is 0 Å². The monoisotopic (exact) mass is 250 g/mol. The Morgan fingerprint density at radius 2 is 1.89 bits per heavy atom. The molecule has 18 heavy (non-hydrogen) atoms. The Bertz CT molecular complexity index is 415. The lowest BCUT2D eigenvalue weighted by Crippen LogP contribution is -2.31. The SMILES string of the molecule is CCN(C)C(=O)COC(=O)Cc1ccc(N)cc1. The van der Waals surface area contributed by atoms with Crippen LogP contribution in [0.5, 0.6) is 0 Å². The summed E-state index contributed by atoms with van der Waals surface area (Å²) in [5.74, 6) is -0.624. The number of benzene rings is 1. The van der Waals surface area contributed by atoms with E-state index in [2.05, 4.69) is 0 Å². The molecule has 1 amide bonds. The minimum absolute atomic E-state index is 0.142. The second-order valence-electron chi connectivity index (χ2n) is 3.99. The number of hydrogen-bond donors (Lipinski definition) is 1. The third-order valence-electron chi connectivity index (χ3n) is 2.58. The second-order valence-corrected chi connectivity index (χ2v) is 3.99. The van der Waals surface area contributed by atoms with E-state index >= 15 is 0 Å². The van der Waals surface area contributed by atoms with Gasteiger partial charge in [0.05, 0.1) is 6.42 Å². The number of nitrogens with two attached hydrogens (primary N) is 1. The zero-order valence-corrected chi connectivity index (χ0v) is 10.7. The topological polar surface area (TPSA) is 72.6 Å². The van der Waals surface area contributed by atoms with Crippen molar-refractivity contribution in [1.82, 2.24) is 4.90 Å². The predicted octanol–water partition coefficient (Wildman–Crippen LogP) is 0.833. The van der Waals surface area contributed by atoms with Gasteiger partial charge in [0.25, 0.3) is 5.91 Å². The lowest BCUT2D eigenvalue weighted by Gasteiger charge is -2.14. The Morgan fingerprint density at radius 1 is 1.28 bits per heavy atom. The zero-order chi connectivity index (χ0) is 13.5. The maximum absolute atomic E-state index is 11.5. The van der Waals surface area contributed by atoms with Crippen molar-refractivity contribution in [3.8, 4) is 0 Å². The van der Waals surface area contributed by atoms with E-state index in [-0.39, 0.29) is 18.9 Å². The molecule has 0 radical (unpaired) electrons. The number of nitrogens with zero attached hydrogens (tertiary/aromatic N) is 1. The molecule has 0 atom stereocenters. The molecule has 0 fully saturated rings. The van der Waals surface area contributed by atoms with E-state index in [1.54, 1.807) is 31.3 Å².